The molecule has 1 aliphatic carbocycles. The van der Waals surface area contributed by atoms with Gasteiger partial charge in [-0.05, 0) is 70.5 Å². The van der Waals surface area contributed by atoms with Crippen molar-refractivity contribution in [3.05, 3.63) is 88.4 Å². The Morgan fingerprint density at radius 2 is 1.41 bits per heavy atom. The van der Waals surface area contributed by atoms with Crippen LogP contribution in [0.3, 0.4) is 0 Å². The van der Waals surface area contributed by atoms with Gasteiger partial charge in [-0.25, -0.2) is 0 Å². The molecule has 0 aliphatic heterocycles. The molecule has 1 aromatic heterocycles. The highest BCUT2D eigenvalue weighted by Gasteiger charge is 2.37. The van der Waals surface area contributed by atoms with Crippen LogP contribution in [0, 0.1) is 0 Å². The molecule has 0 fully saturated rings. The maximum Gasteiger partial charge on any atom is 0.0619 e. The standard InChI is InChI=1S/C30H28BrN/c1-29(2)14-15-30(3,4)26-18-27-24(17-25(26)29)23-13-12-19-8-5-6-11-22(19)28(23)32(27)21-10-7-9-20(31)16-21/h5-13,16-18H,14-15H2,1-4H3. The maximum atomic E-state index is 3.71. The van der Waals surface area contributed by atoms with Crippen molar-refractivity contribution in [3.8, 4) is 5.69 Å². The highest BCUT2D eigenvalue weighted by Crippen LogP contribution is 2.49. The fraction of sp³-hybridized carbons (Fsp3) is 0.267. The summed E-state index contributed by atoms with van der Waals surface area (Å²) in [5.74, 6) is 0. The van der Waals surface area contributed by atoms with Crippen LogP contribution in [-0.4, -0.2) is 4.57 Å². The lowest BCUT2D eigenvalue weighted by Gasteiger charge is -2.42. The zero-order valence-electron chi connectivity index (χ0n) is 19.2. The predicted molar refractivity (Wildman–Crippen MR) is 141 cm³/mol. The summed E-state index contributed by atoms with van der Waals surface area (Å²) in [6, 6.07) is 27.1. The molecule has 1 nitrogen and oxygen atoms in total. The van der Waals surface area contributed by atoms with Crippen LogP contribution in [0.1, 0.15) is 51.7 Å². The highest BCUT2D eigenvalue weighted by molar-refractivity contribution is 9.10. The molecule has 0 spiro atoms. The molecular formula is C30H28BrN. The number of aromatic nitrogens is 1. The Morgan fingerprint density at radius 3 is 2.16 bits per heavy atom. The summed E-state index contributed by atoms with van der Waals surface area (Å²) in [4.78, 5) is 0. The molecule has 5 aromatic rings. The quantitative estimate of drug-likeness (QED) is 0.225. The van der Waals surface area contributed by atoms with E-state index in [1.54, 1.807) is 0 Å². The van der Waals surface area contributed by atoms with E-state index in [-0.39, 0.29) is 10.8 Å². The first kappa shape index (κ1) is 20.1. The van der Waals surface area contributed by atoms with E-state index >= 15 is 0 Å². The smallest absolute Gasteiger partial charge is 0.0619 e. The molecule has 0 saturated carbocycles. The van der Waals surface area contributed by atoms with Gasteiger partial charge in [0.25, 0.3) is 0 Å². The number of rotatable bonds is 1. The van der Waals surface area contributed by atoms with Gasteiger partial charge in [-0.1, -0.05) is 86.1 Å². The molecule has 4 aromatic carbocycles. The van der Waals surface area contributed by atoms with Gasteiger partial charge in [0, 0.05) is 26.3 Å². The summed E-state index contributed by atoms with van der Waals surface area (Å²) >= 11 is 3.71. The van der Waals surface area contributed by atoms with E-state index in [1.165, 1.54) is 62.2 Å². The van der Waals surface area contributed by atoms with Crippen molar-refractivity contribution in [2.24, 2.45) is 0 Å². The van der Waals surface area contributed by atoms with E-state index in [2.05, 4.69) is 121 Å². The van der Waals surface area contributed by atoms with E-state index < -0.39 is 0 Å². The summed E-state index contributed by atoms with van der Waals surface area (Å²) in [7, 11) is 0. The van der Waals surface area contributed by atoms with Crippen LogP contribution < -0.4 is 0 Å². The second-order valence-electron chi connectivity index (χ2n) is 10.7. The Morgan fingerprint density at radius 1 is 0.688 bits per heavy atom. The van der Waals surface area contributed by atoms with Crippen molar-refractivity contribution in [1.82, 2.24) is 4.57 Å². The molecule has 160 valence electrons. The molecule has 32 heavy (non-hydrogen) atoms. The number of benzene rings is 4. The minimum Gasteiger partial charge on any atom is -0.309 e. The van der Waals surface area contributed by atoms with Gasteiger partial charge in [-0.2, -0.15) is 0 Å². The Kier molecular flexibility index (Phi) is 4.21. The molecule has 0 N–H and O–H groups in total. The molecule has 6 rings (SSSR count). The van der Waals surface area contributed by atoms with Crippen LogP contribution in [0.25, 0.3) is 38.3 Å². The molecule has 0 radical (unpaired) electrons. The average Bonchev–Trinajstić information content (AvgIpc) is 3.10. The van der Waals surface area contributed by atoms with Crippen molar-refractivity contribution in [2.45, 2.75) is 51.4 Å². The van der Waals surface area contributed by atoms with Gasteiger partial charge in [-0.3, -0.25) is 0 Å². The summed E-state index contributed by atoms with van der Waals surface area (Å²) in [5, 5.41) is 5.28. The number of nitrogens with zero attached hydrogens (tertiary/aromatic N) is 1. The number of fused-ring (bicyclic) bond motifs is 6. The third kappa shape index (κ3) is 2.82. The number of hydrogen-bond acceptors (Lipinski definition) is 0. The fourth-order valence-corrected chi connectivity index (χ4v) is 6.11. The molecule has 0 bridgehead atoms. The summed E-state index contributed by atoms with van der Waals surface area (Å²) < 4.78 is 3.58. The number of halogens is 1. The van der Waals surface area contributed by atoms with Crippen molar-refractivity contribution >= 4 is 48.5 Å². The first-order valence-electron chi connectivity index (χ1n) is 11.5. The fourth-order valence-electron chi connectivity index (χ4n) is 5.72. The van der Waals surface area contributed by atoms with E-state index in [0.717, 1.165) is 4.47 Å². The first-order chi connectivity index (χ1) is 15.3. The van der Waals surface area contributed by atoms with Gasteiger partial charge in [0.1, 0.15) is 0 Å². The topological polar surface area (TPSA) is 4.93 Å². The van der Waals surface area contributed by atoms with Gasteiger partial charge in [0.05, 0.1) is 11.0 Å². The third-order valence-corrected chi connectivity index (χ3v) is 8.18. The van der Waals surface area contributed by atoms with E-state index in [1.807, 2.05) is 0 Å². The molecule has 0 amide bonds. The molecule has 2 heteroatoms. The molecule has 0 saturated heterocycles. The lowest BCUT2D eigenvalue weighted by Crippen LogP contribution is -2.33. The van der Waals surface area contributed by atoms with Gasteiger partial charge in [-0.15, -0.1) is 0 Å². The minimum atomic E-state index is 0.180. The molecular weight excluding hydrogens is 454 g/mol. The zero-order chi connectivity index (χ0) is 22.3. The van der Waals surface area contributed by atoms with E-state index in [4.69, 9.17) is 0 Å². The van der Waals surface area contributed by atoms with E-state index in [9.17, 15) is 0 Å². The number of hydrogen-bond donors (Lipinski definition) is 0. The Balaban J connectivity index is 1.85. The predicted octanol–water partition coefficient (Wildman–Crippen LogP) is 9.05. The van der Waals surface area contributed by atoms with Crippen molar-refractivity contribution in [3.63, 3.8) is 0 Å². The highest BCUT2D eigenvalue weighted by atomic mass is 79.9. The Bertz CT molecular complexity index is 1530. The van der Waals surface area contributed by atoms with Crippen LogP contribution in [0.4, 0.5) is 0 Å². The van der Waals surface area contributed by atoms with Gasteiger partial charge in [0.2, 0.25) is 0 Å². The second-order valence-corrected chi connectivity index (χ2v) is 11.6. The monoisotopic (exact) mass is 481 g/mol. The largest absolute Gasteiger partial charge is 0.309 e. The Hall–Kier alpha value is -2.58. The van der Waals surface area contributed by atoms with Gasteiger partial charge in [0.15, 0.2) is 0 Å². The second kappa shape index (κ2) is 6.71. The van der Waals surface area contributed by atoms with Crippen molar-refractivity contribution in [2.75, 3.05) is 0 Å². The average molecular weight is 482 g/mol. The SMILES string of the molecule is CC1(C)CCC(C)(C)c2cc3c(cc21)c1ccc2ccccc2c1n3-c1cccc(Br)c1. The molecule has 0 unspecified atom stereocenters. The lowest BCUT2D eigenvalue weighted by molar-refractivity contribution is 0.332. The van der Waals surface area contributed by atoms with Crippen LogP contribution in [-0.2, 0) is 10.8 Å². The molecule has 1 heterocycles. The third-order valence-electron chi connectivity index (χ3n) is 7.69. The zero-order valence-corrected chi connectivity index (χ0v) is 20.8. The lowest BCUT2D eigenvalue weighted by atomic mass is 9.63. The summed E-state index contributed by atoms with van der Waals surface area (Å²) in [6.07, 6.45) is 2.45. The maximum absolute atomic E-state index is 3.71. The van der Waals surface area contributed by atoms with Gasteiger partial charge >= 0.3 is 0 Å². The Labute approximate surface area is 198 Å². The first-order valence-corrected chi connectivity index (χ1v) is 12.3. The van der Waals surface area contributed by atoms with Crippen molar-refractivity contribution in [1.29, 1.82) is 0 Å². The normalized spacial score (nSPS) is 17.2. The van der Waals surface area contributed by atoms with Crippen LogP contribution in [0.15, 0.2) is 77.3 Å². The van der Waals surface area contributed by atoms with Crippen LogP contribution in [0.2, 0.25) is 0 Å². The minimum absolute atomic E-state index is 0.180. The van der Waals surface area contributed by atoms with Crippen LogP contribution in [0.5, 0.6) is 0 Å². The molecule has 0 atom stereocenters. The van der Waals surface area contributed by atoms with Gasteiger partial charge < -0.3 is 4.57 Å². The van der Waals surface area contributed by atoms with E-state index in [0.29, 0.717) is 0 Å². The molecule has 1 aliphatic rings. The van der Waals surface area contributed by atoms with Crippen molar-refractivity contribution < 1.29 is 0 Å². The summed E-state index contributed by atoms with van der Waals surface area (Å²) in [6.45, 7) is 9.65. The van der Waals surface area contributed by atoms with Crippen LogP contribution >= 0.6 is 15.9 Å². The summed E-state index contributed by atoms with van der Waals surface area (Å²) in [5.41, 5.74) is 7.20.